The maximum Gasteiger partial charge on any atom is 0.344 e. The summed E-state index contributed by atoms with van der Waals surface area (Å²) >= 11 is 1.29. The number of hydrogen-bond donors (Lipinski definition) is 2. The lowest BCUT2D eigenvalue weighted by Gasteiger charge is -2.09. The van der Waals surface area contributed by atoms with E-state index < -0.39 is 0 Å². The number of aromatic amines is 1. The van der Waals surface area contributed by atoms with Crippen LogP contribution >= 0.6 is 11.8 Å². The van der Waals surface area contributed by atoms with E-state index in [4.69, 9.17) is 5.73 Å². The molecule has 18 heavy (non-hydrogen) atoms. The molecule has 0 amide bonds. The summed E-state index contributed by atoms with van der Waals surface area (Å²) in [5.74, 6) is 0.432. The van der Waals surface area contributed by atoms with Gasteiger partial charge < -0.3 is 5.73 Å². The summed E-state index contributed by atoms with van der Waals surface area (Å²) in [7, 11) is 0. The molecular weight excluding hydrogens is 252 g/mol. The normalized spacial score (nSPS) is 11.1. The first-order valence-electron chi connectivity index (χ1n) is 5.42. The fourth-order valence-corrected chi connectivity index (χ4v) is 2.47. The zero-order valence-electron chi connectivity index (χ0n) is 10.3. The van der Waals surface area contributed by atoms with Crippen LogP contribution in [0.2, 0.25) is 0 Å². The third kappa shape index (κ3) is 2.23. The zero-order valence-corrected chi connectivity index (χ0v) is 11.2. The molecule has 0 fully saturated rings. The van der Waals surface area contributed by atoms with Crippen LogP contribution in [0.25, 0.3) is 0 Å². The van der Waals surface area contributed by atoms with Gasteiger partial charge in [-0.05, 0) is 32.5 Å². The summed E-state index contributed by atoms with van der Waals surface area (Å²) < 4.78 is 1.57. The van der Waals surface area contributed by atoms with Gasteiger partial charge in [0.05, 0.1) is 0 Å². The quantitative estimate of drug-likeness (QED) is 0.803. The Morgan fingerprint density at radius 2 is 2.17 bits per heavy atom. The average Bonchev–Trinajstić information content (AvgIpc) is 2.66. The second kappa shape index (κ2) is 4.81. The molecule has 0 radical (unpaired) electrons. The average molecular weight is 266 g/mol. The van der Waals surface area contributed by atoms with E-state index in [2.05, 4.69) is 20.2 Å². The standard InChI is InChI=1S/C10H14N6OS/c1-5(2)16-9(17)14-15-10(16)18-8-6(3)7(11)12-4-13-8/h4-5H,1-3H3,(H,14,17)(H2,11,12,13). The van der Waals surface area contributed by atoms with Gasteiger partial charge in [0.1, 0.15) is 17.2 Å². The highest BCUT2D eigenvalue weighted by Crippen LogP contribution is 2.28. The molecule has 0 aliphatic heterocycles. The van der Waals surface area contributed by atoms with Gasteiger partial charge in [-0.3, -0.25) is 4.57 Å². The molecule has 8 heteroatoms. The topological polar surface area (TPSA) is 102 Å². The van der Waals surface area contributed by atoms with Crippen LogP contribution in [-0.4, -0.2) is 24.7 Å². The summed E-state index contributed by atoms with van der Waals surface area (Å²) in [6.07, 6.45) is 1.40. The van der Waals surface area contributed by atoms with E-state index in [1.165, 1.54) is 18.1 Å². The van der Waals surface area contributed by atoms with Gasteiger partial charge in [-0.15, -0.1) is 5.10 Å². The van der Waals surface area contributed by atoms with Crippen molar-refractivity contribution in [3.05, 3.63) is 22.4 Å². The predicted octanol–water partition coefficient (Wildman–Crippen LogP) is 0.984. The van der Waals surface area contributed by atoms with Crippen molar-refractivity contribution in [1.29, 1.82) is 0 Å². The van der Waals surface area contributed by atoms with Crippen molar-refractivity contribution in [1.82, 2.24) is 24.7 Å². The van der Waals surface area contributed by atoms with Gasteiger partial charge in [-0.1, -0.05) is 0 Å². The Morgan fingerprint density at radius 1 is 1.44 bits per heavy atom. The molecule has 7 nitrogen and oxygen atoms in total. The molecular formula is C10H14N6OS. The first kappa shape index (κ1) is 12.6. The van der Waals surface area contributed by atoms with Crippen molar-refractivity contribution in [2.45, 2.75) is 37.0 Å². The minimum atomic E-state index is -0.229. The highest BCUT2D eigenvalue weighted by molar-refractivity contribution is 7.99. The van der Waals surface area contributed by atoms with E-state index in [1.54, 1.807) is 4.57 Å². The van der Waals surface area contributed by atoms with Crippen LogP contribution in [0.15, 0.2) is 21.3 Å². The summed E-state index contributed by atoms with van der Waals surface area (Å²) in [5, 5.41) is 7.69. The van der Waals surface area contributed by atoms with Gasteiger partial charge >= 0.3 is 5.69 Å². The van der Waals surface area contributed by atoms with Crippen LogP contribution in [0.1, 0.15) is 25.5 Å². The number of nitrogens with zero attached hydrogens (tertiary/aromatic N) is 4. The van der Waals surface area contributed by atoms with Crippen molar-refractivity contribution < 1.29 is 0 Å². The highest BCUT2D eigenvalue weighted by Gasteiger charge is 2.15. The van der Waals surface area contributed by atoms with E-state index in [0.717, 1.165) is 5.56 Å². The molecule has 2 heterocycles. The molecule has 0 aliphatic rings. The maximum atomic E-state index is 11.6. The number of aromatic nitrogens is 5. The van der Waals surface area contributed by atoms with E-state index in [1.807, 2.05) is 20.8 Å². The Balaban J connectivity index is 2.41. The summed E-state index contributed by atoms with van der Waals surface area (Å²) in [6, 6.07) is 0.0261. The van der Waals surface area contributed by atoms with E-state index >= 15 is 0 Å². The van der Waals surface area contributed by atoms with Gasteiger partial charge in [-0.2, -0.15) is 0 Å². The van der Waals surface area contributed by atoms with Crippen LogP contribution < -0.4 is 11.4 Å². The summed E-state index contributed by atoms with van der Waals surface area (Å²) in [6.45, 7) is 5.67. The van der Waals surface area contributed by atoms with Gasteiger partial charge in [0.25, 0.3) is 0 Å². The Kier molecular flexibility index (Phi) is 3.37. The molecule has 0 spiro atoms. The summed E-state index contributed by atoms with van der Waals surface area (Å²) in [5.41, 5.74) is 6.27. The lowest BCUT2D eigenvalue weighted by Crippen LogP contribution is -2.19. The maximum absolute atomic E-state index is 11.6. The van der Waals surface area contributed by atoms with Crippen molar-refractivity contribution >= 4 is 17.6 Å². The molecule has 0 saturated heterocycles. The molecule has 0 bridgehead atoms. The number of nitrogen functional groups attached to an aromatic ring is 1. The van der Waals surface area contributed by atoms with Crippen molar-refractivity contribution in [3.63, 3.8) is 0 Å². The third-order valence-electron chi connectivity index (χ3n) is 2.45. The molecule has 96 valence electrons. The number of hydrogen-bond acceptors (Lipinski definition) is 6. The SMILES string of the molecule is Cc1c(N)ncnc1Sc1n[nH]c(=O)n1C(C)C. The van der Waals surface area contributed by atoms with Crippen LogP contribution in [0.4, 0.5) is 5.82 Å². The monoisotopic (exact) mass is 266 g/mol. The Morgan fingerprint density at radius 3 is 2.83 bits per heavy atom. The zero-order chi connectivity index (χ0) is 13.3. The minimum absolute atomic E-state index is 0.0261. The van der Waals surface area contributed by atoms with E-state index in [-0.39, 0.29) is 11.7 Å². The van der Waals surface area contributed by atoms with Crippen LogP contribution in [0, 0.1) is 6.92 Å². The minimum Gasteiger partial charge on any atom is -0.383 e. The smallest absolute Gasteiger partial charge is 0.344 e. The molecule has 3 N–H and O–H groups in total. The van der Waals surface area contributed by atoms with Gasteiger partial charge in [0, 0.05) is 11.6 Å². The number of nitrogens with one attached hydrogen (secondary N) is 1. The summed E-state index contributed by atoms with van der Waals surface area (Å²) in [4.78, 5) is 19.6. The molecule has 0 atom stereocenters. The van der Waals surface area contributed by atoms with Crippen molar-refractivity contribution in [2.75, 3.05) is 5.73 Å². The van der Waals surface area contributed by atoms with Crippen LogP contribution in [-0.2, 0) is 0 Å². The Labute approximate surface area is 108 Å². The fraction of sp³-hybridized carbons (Fsp3) is 0.400. The molecule has 0 unspecified atom stereocenters. The lowest BCUT2D eigenvalue weighted by molar-refractivity contribution is 0.534. The van der Waals surface area contributed by atoms with Gasteiger partial charge in [0.2, 0.25) is 0 Å². The molecule has 2 rings (SSSR count). The van der Waals surface area contributed by atoms with Gasteiger partial charge in [0.15, 0.2) is 5.16 Å². The Bertz CT molecular complexity index is 617. The number of anilines is 1. The van der Waals surface area contributed by atoms with E-state index in [9.17, 15) is 4.79 Å². The number of H-pyrrole nitrogens is 1. The largest absolute Gasteiger partial charge is 0.383 e. The highest BCUT2D eigenvalue weighted by atomic mass is 32.2. The molecule has 2 aromatic heterocycles. The number of nitrogens with two attached hydrogens (primary N) is 1. The van der Waals surface area contributed by atoms with Gasteiger partial charge in [-0.25, -0.2) is 19.9 Å². The third-order valence-corrected chi connectivity index (χ3v) is 3.53. The Hall–Kier alpha value is -1.83. The van der Waals surface area contributed by atoms with Crippen LogP contribution in [0.3, 0.4) is 0 Å². The van der Waals surface area contributed by atoms with Crippen molar-refractivity contribution in [3.8, 4) is 0 Å². The molecule has 2 aromatic rings. The first-order chi connectivity index (χ1) is 8.50. The number of rotatable bonds is 3. The fourth-order valence-electron chi connectivity index (χ4n) is 1.45. The van der Waals surface area contributed by atoms with Crippen LogP contribution in [0.5, 0.6) is 0 Å². The molecule has 0 aliphatic carbocycles. The predicted molar refractivity (Wildman–Crippen MR) is 68.5 cm³/mol. The molecule has 0 aromatic carbocycles. The van der Waals surface area contributed by atoms with Crippen molar-refractivity contribution in [2.24, 2.45) is 0 Å². The first-order valence-corrected chi connectivity index (χ1v) is 6.24. The van der Waals surface area contributed by atoms with E-state index in [0.29, 0.717) is 16.0 Å². The second-order valence-electron chi connectivity index (χ2n) is 4.07. The lowest BCUT2D eigenvalue weighted by atomic mass is 10.4. The molecule has 0 saturated carbocycles. The second-order valence-corrected chi connectivity index (χ2v) is 5.02.